The minimum Gasteiger partial charge on any atom is -0.463 e. The number of thiazole rings is 1. The van der Waals surface area contributed by atoms with E-state index in [-0.39, 0.29) is 17.8 Å². The predicted octanol–water partition coefficient (Wildman–Crippen LogP) is 3.38. The number of aryl methyl sites for hydroxylation is 1. The first kappa shape index (κ1) is 20.5. The van der Waals surface area contributed by atoms with Crippen LogP contribution in [0.5, 0.6) is 5.19 Å². The summed E-state index contributed by atoms with van der Waals surface area (Å²) in [5.74, 6) is 0. The van der Waals surface area contributed by atoms with Gasteiger partial charge in [-0.3, -0.25) is 4.68 Å². The Morgan fingerprint density at radius 2 is 1.90 bits per heavy atom. The van der Waals surface area contributed by atoms with Gasteiger partial charge in [0, 0.05) is 22.5 Å². The molecule has 0 aliphatic rings. The second kappa shape index (κ2) is 7.80. The minimum absolute atomic E-state index is 0.183. The maximum absolute atomic E-state index is 12.3. The molecule has 11 heteroatoms. The zero-order valence-corrected chi connectivity index (χ0v) is 19.3. The molecule has 1 aromatic carbocycles. The van der Waals surface area contributed by atoms with Gasteiger partial charge in [-0.1, -0.05) is 39.4 Å². The van der Waals surface area contributed by atoms with E-state index in [1.54, 1.807) is 13.2 Å². The Balaban J connectivity index is 1.63. The summed E-state index contributed by atoms with van der Waals surface area (Å²) in [6, 6.07) is 7.94. The number of hydrogen-bond donors (Lipinski definition) is 0. The molecular weight excluding hydrogens is 470 g/mol. The molecule has 0 bridgehead atoms. The molecule has 0 spiro atoms. The molecular formula is C19H20BrN7O2S. The van der Waals surface area contributed by atoms with Crippen molar-refractivity contribution in [1.82, 2.24) is 34.6 Å². The van der Waals surface area contributed by atoms with Gasteiger partial charge >= 0.3 is 5.69 Å². The molecule has 0 aliphatic heterocycles. The first-order valence-electron chi connectivity index (χ1n) is 9.15. The van der Waals surface area contributed by atoms with E-state index >= 15 is 0 Å². The average Bonchev–Trinajstić information content (AvgIpc) is 3.40. The molecule has 0 saturated heterocycles. The number of hydrogen-bond acceptors (Lipinski definition) is 7. The van der Waals surface area contributed by atoms with Gasteiger partial charge in [-0.25, -0.2) is 9.78 Å². The van der Waals surface area contributed by atoms with E-state index in [4.69, 9.17) is 4.74 Å². The Kier molecular flexibility index (Phi) is 5.33. The molecule has 0 amide bonds. The lowest BCUT2D eigenvalue weighted by Gasteiger charge is -2.22. The summed E-state index contributed by atoms with van der Waals surface area (Å²) in [7, 11) is 1.55. The van der Waals surface area contributed by atoms with Gasteiger partial charge in [-0.15, -0.1) is 0 Å². The molecule has 0 N–H and O–H groups in total. The third-order valence-electron chi connectivity index (χ3n) is 4.39. The summed E-state index contributed by atoms with van der Waals surface area (Å²) in [6.07, 6.45) is 1.61. The molecule has 0 radical (unpaired) electrons. The van der Waals surface area contributed by atoms with E-state index in [0.29, 0.717) is 16.6 Å². The summed E-state index contributed by atoms with van der Waals surface area (Å²) in [5.41, 5.74) is 2.44. The zero-order chi connectivity index (χ0) is 21.5. The normalized spacial score (nSPS) is 11.8. The topological polar surface area (TPSA) is 92.7 Å². The molecule has 30 heavy (non-hydrogen) atoms. The van der Waals surface area contributed by atoms with Crippen LogP contribution in [0.1, 0.15) is 26.5 Å². The van der Waals surface area contributed by atoms with E-state index in [2.05, 4.69) is 36.4 Å². The molecule has 0 fully saturated rings. The number of halogens is 1. The molecule has 0 saturated carbocycles. The summed E-state index contributed by atoms with van der Waals surface area (Å²) in [5, 5.41) is 14.7. The van der Waals surface area contributed by atoms with Crippen LogP contribution in [0.4, 0.5) is 0 Å². The van der Waals surface area contributed by atoms with Crippen molar-refractivity contribution in [2.24, 2.45) is 7.05 Å². The average molecular weight is 490 g/mol. The zero-order valence-electron chi connectivity index (χ0n) is 16.9. The van der Waals surface area contributed by atoms with Gasteiger partial charge in [-0.2, -0.15) is 14.5 Å². The highest BCUT2D eigenvalue weighted by Gasteiger charge is 2.24. The number of tetrazole rings is 1. The number of nitrogens with zero attached hydrogens (tertiary/aromatic N) is 7. The van der Waals surface area contributed by atoms with Crippen LogP contribution in [0.15, 0.2) is 45.1 Å². The van der Waals surface area contributed by atoms with Gasteiger partial charge in [-0.05, 0) is 43.3 Å². The Morgan fingerprint density at radius 1 is 1.17 bits per heavy atom. The molecule has 3 heterocycles. The third kappa shape index (κ3) is 3.94. The number of ether oxygens (including phenoxy) is 1. The molecule has 3 aromatic heterocycles. The van der Waals surface area contributed by atoms with Crippen molar-refractivity contribution in [1.29, 1.82) is 0 Å². The lowest BCUT2D eigenvalue weighted by atomic mass is 10.1. The van der Waals surface area contributed by atoms with Crippen molar-refractivity contribution >= 4 is 27.3 Å². The monoisotopic (exact) mass is 489 g/mol. The number of aromatic nitrogens is 7. The van der Waals surface area contributed by atoms with E-state index in [9.17, 15) is 4.79 Å². The summed E-state index contributed by atoms with van der Waals surface area (Å²) < 4.78 is 11.2. The first-order chi connectivity index (χ1) is 14.2. The van der Waals surface area contributed by atoms with Crippen LogP contribution in [0.3, 0.4) is 0 Å². The minimum atomic E-state index is -0.350. The highest BCUT2D eigenvalue weighted by atomic mass is 79.9. The second-order valence-corrected chi connectivity index (χ2v) is 9.39. The molecule has 0 atom stereocenters. The van der Waals surface area contributed by atoms with Crippen molar-refractivity contribution in [2.45, 2.75) is 32.9 Å². The van der Waals surface area contributed by atoms with Crippen LogP contribution in [0, 0.1) is 0 Å². The first-order valence-corrected chi connectivity index (χ1v) is 10.8. The molecule has 4 aromatic rings. The van der Waals surface area contributed by atoms with Gasteiger partial charge in [0.15, 0.2) is 0 Å². The summed E-state index contributed by atoms with van der Waals surface area (Å²) >= 11 is 4.86. The fourth-order valence-electron chi connectivity index (χ4n) is 2.93. The van der Waals surface area contributed by atoms with Crippen LogP contribution < -0.4 is 10.4 Å². The van der Waals surface area contributed by atoms with E-state index < -0.39 is 0 Å². The quantitative estimate of drug-likeness (QED) is 0.426. The largest absolute Gasteiger partial charge is 0.463 e. The SMILES string of the molecule is Cn1nnn(-c2cnn(C(C)(C)C)c2COc2nc(-c3ccc(Br)cc3)cs2)c1=O. The van der Waals surface area contributed by atoms with Crippen molar-refractivity contribution < 1.29 is 4.74 Å². The fourth-order valence-corrected chi connectivity index (χ4v) is 3.87. The lowest BCUT2D eigenvalue weighted by Crippen LogP contribution is -2.28. The van der Waals surface area contributed by atoms with Crippen LogP contribution in [-0.4, -0.2) is 34.6 Å². The Morgan fingerprint density at radius 3 is 2.53 bits per heavy atom. The third-order valence-corrected chi connectivity index (χ3v) is 5.67. The molecule has 0 unspecified atom stereocenters. The van der Waals surface area contributed by atoms with Gasteiger partial charge < -0.3 is 4.74 Å². The lowest BCUT2D eigenvalue weighted by molar-refractivity contribution is 0.263. The molecule has 156 valence electrons. The number of rotatable bonds is 5. The van der Waals surface area contributed by atoms with Gasteiger partial charge in [0.25, 0.3) is 5.19 Å². The van der Waals surface area contributed by atoms with E-state index in [1.165, 1.54) is 20.7 Å². The maximum atomic E-state index is 12.3. The van der Waals surface area contributed by atoms with Gasteiger partial charge in [0.2, 0.25) is 0 Å². The van der Waals surface area contributed by atoms with Crippen LogP contribution in [0.25, 0.3) is 16.9 Å². The molecule has 4 rings (SSSR count). The predicted molar refractivity (Wildman–Crippen MR) is 117 cm³/mol. The van der Waals surface area contributed by atoms with E-state index in [1.807, 2.05) is 55.1 Å². The van der Waals surface area contributed by atoms with Crippen molar-refractivity contribution in [2.75, 3.05) is 0 Å². The molecule has 0 aliphatic carbocycles. The van der Waals surface area contributed by atoms with E-state index in [0.717, 1.165) is 15.7 Å². The van der Waals surface area contributed by atoms with Gasteiger partial charge in [0.05, 0.1) is 17.4 Å². The second-order valence-electron chi connectivity index (χ2n) is 7.65. The standard InChI is InChI=1S/C19H20BrN7O2S/c1-19(2,3)27-16(15(9-21-27)26-18(28)25(4)23-24-26)10-29-17-22-14(11-30-17)12-5-7-13(20)8-6-12/h5-9,11H,10H2,1-4H3. The van der Waals surface area contributed by atoms with Crippen LogP contribution in [0.2, 0.25) is 0 Å². The van der Waals surface area contributed by atoms with Crippen LogP contribution in [-0.2, 0) is 19.2 Å². The molecule has 9 nitrogen and oxygen atoms in total. The van der Waals surface area contributed by atoms with Crippen molar-refractivity contribution in [3.63, 3.8) is 0 Å². The smallest absolute Gasteiger partial charge is 0.368 e. The summed E-state index contributed by atoms with van der Waals surface area (Å²) in [6.45, 7) is 6.27. The Bertz CT molecular complexity index is 1230. The van der Waals surface area contributed by atoms with Crippen molar-refractivity contribution in [3.8, 4) is 22.1 Å². The Labute approximate surface area is 185 Å². The highest BCUT2D eigenvalue weighted by molar-refractivity contribution is 9.10. The number of benzene rings is 1. The fraction of sp³-hybridized carbons (Fsp3) is 0.316. The van der Waals surface area contributed by atoms with Crippen molar-refractivity contribution in [3.05, 3.63) is 56.5 Å². The Hall–Kier alpha value is -2.79. The van der Waals surface area contributed by atoms with Gasteiger partial charge in [0.1, 0.15) is 18.0 Å². The maximum Gasteiger partial charge on any atom is 0.368 e. The highest BCUT2D eigenvalue weighted by Crippen LogP contribution is 2.29. The summed E-state index contributed by atoms with van der Waals surface area (Å²) in [4.78, 5) is 16.9. The van der Waals surface area contributed by atoms with Crippen LogP contribution >= 0.6 is 27.3 Å².